The summed E-state index contributed by atoms with van der Waals surface area (Å²) in [6.45, 7) is 8.31. The van der Waals surface area contributed by atoms with Crippen LogP contribution < -0.4 is 0 Å². The maximum Gasteiger partial charge on any atom is 0.335 e. The summed E-state index contributed by atoms with van der Waals surface area (Å²) in [4.78, 5) is 16.0. The summed E-state index contributed by atoms with van der Waals surface area (Å²) in [5.74, 6) is -0.330. The van der Waals surface area contributed by atoms with E-state index in [1.807, 2.05) is 12.1 Å². The molecule has 0 saturated carbocycles. The van der Waals surface area contributed by atoms with Crippen molar-refractivity contribution in [2.75, 3.05) is 52.5 Å². The van der Waals surface area contributed by atoms with E-state index in [1.165, 1.54) is 24.9 Å². The van der Waals surface area contributed by atoms with Crippen molar-refractivity contribution in [2.24, 2.45) is 0 Å². The average molecular weight is 318 g/mol. The zero-order chi connectivity index (χ0) is 16.1. The highest BCUT2D eigenvalue weighted by Gasteiger charge is 2.22. The van der Waals surface area contributed by atoms with E-state index in [2.05, 4.69) is 9.80 Å². The summed E-state index contributed by atoms with van der Waals surface area (Å²) in [6.07, 6.45) is 2.41. The molecular formula is C18H26N2O3. The second-order valence-electron chi connectivity index (χ2n) is 6.52. The van der Waals surface area contributed by atoms with Gasteiger partial charge in [0, 0.05) is 32.7 Å². The number of ether oxygens (including phenoxy) is 1. The van der Waals surface area contributed by atoms with Gasteiger partial charge in [-0.1, -0.05) is 12.1 Å². The molecule has 5 heteroatoms. The third-order valence-corrected chi connectivity index (χ3v) is 4.97. The first kappa shape index (κ1) is 16.4. The first-order valence-electron chi connectivity index (χ1n) is 8.58. The molecule has 0 spiro atoms. The normalized spacial score (nSPS) is 23.7. The smallest absolute Gasteiger partial charge is 0.335 e. The maximum atomic E-state index is 11.0. The summed E-state index contributed by atoms with van der Waals surface area (Å²) in [5.41, 5.74) is 1.64. The first-order valence-corrected chi connectivity index (χ1v) is 8.58. The van der Waals surface area contributed by atoms with Gasteiger partial charge < -0.3 is 14.7 Å². The predicted molar refractivity (Wildman–Crippen MR) is 89.1 cm³/mol. The molecule has 0 aliphatic carbocycles. The summed E-state index contributed by atoms with van der Waals surface area (Å²) >= 11 is 0. The van der Waals surface area contributed by atoms with Gasteiger partial charge in [0.05, 0.1) is 18.8 Å². The van der Waals surface area contributed by atoms with Gasteiger partial charge in [-0.3, -0.25) is 4.90 Å². The SMILES string of the molecule is O=C(O)c1ccc([C@H]2CCCN(CCN3CCOCC3)C2)cc1. The van der Waals surface area contributed by atoms with E-state index >= 15 is 0 Å². The van der Waals surface area contributed by atoms with Crippen LogP contribution in [-0.2, 0) is 4.74 Å². The topological polar surface area (TPSA) is 53.0 Å². The molecular weight excluding hydrogens is 292 g/mol. The summed E-state index contributed by atoms with van der Waals surface area (Å²) in [5, 5.41) is 9.00. The number of morpholine rings is 1. The summed E-state index contributed by atoms with van der Waals surface area (Å²) < 4.78 is 5.40. The van der Waals surface area contributed by atoms with Crippen molar-refractivity contribution in [3.63, 3.8) is 0 Å². The minimum Gasteiger partial charge on any atom is -0.478 e. The second kappa shape index (κ2) is 7.90. The lowest BCUT2D eigenvalue weighted by atomic mass is 9.90. The van der Waals surface area contributed by atoms with Gasteiger partial charge in [0.1, 0.15) is 0 Å². The Labute approximate surface area is 137 Å². The van der Waals surface area contributed by atoms with Crippen LogP contribution in [0.1, 0.15) is 34.7 Å². The molecule has 1 N–H and O–H groups in total. The van der Waals surface area contributed by atoms with Crippen molar-refractivity contribution >= 4 is 5.97 Å². The first-order chi connectivity index (χ1) is 11.2. The molecule has 2 heterocycles. The van der Waals surface area contributed by atoms with Crippen LogP contribution in [0.2, 0.25) is 0 Å². The number of nitrogens with zero attached hydrogens (tertiary/aromatic N) is 2. The van der Waals surface area contributed by atoms with Gasteiger partial charge in [0.25, 0.3) is 0 Å². The molecule has 1 aromatic rings. The number of aromatic carboxylic acids is 1. The number of rotatable bonds is 5. The Kier molecular flexibility index (Phi) is 5.65. The van der Waals surface area contributed by atoms with Gasteiger partial charge in [-0.25, -0.2) is 4.79 Å². The van der Waals surface area contributed by atoms with Crippen molar-refractivity contribution in [1.82, 2.24) is 9.80 Å². The summed E-state index contributed by atoms with van der Waals surface area (Å²) in [6, 6.07) is 7.42. The molecule has 5 nitrogen and oxygen atoms in total. The van der Waals surface area contributed by atoms with E-state index in [9.17, 15) is 4.79 Å². The van der Waals surface area contributed by atoms with Gasteiger partial charge in [-0.2, -0.15) is 0 Å². The van der Waals surface area contributed by atoms with Crippen LogP contribution in [0, 0.1) is 0 Å². The van der Waals surface area contributed by atoms with Crippen molar-refractivity contribution in [2.45, 2.75) is 18.8 Å². The molecule has 0 radical (unpaired) electrons. The molecule has 0 unspecified atom stereocenters. The van der Waals surface area contributed by atoms with Gasteiger partial charge in [-0.15, -0.1) is 0 Å². The Hall–Kier alpha value is -1.43. The van der Waals surface area contributed by atoms with Crippen molar-refractivity contribution in [3.8, 4) is 0 Å². The van der Waals surface area contributed by atoms with Crippen LogP contribution >= 0.6 is 0 Å². The van der Waals surface area contributed by atoms with Crippen molar-refractivity contribution < 1.29 is 14.6 Å². The number of carbonyl (C=O) groups is 1. The zero-order valence-electron chi connectivity index (χ0n) is 13.6. The number of benzene rings is 1. The lowest BCUT2D eigenvalue weighted by Crippen LogP contribution is -2.43. The molecule has 23 heavy (non-hydrogen) atoms. The van der Waals surface area contributed by atoms with Crippen molar-refractivity contribution in [3.05, 3.63) is 35.4 Å². The lowest BCUT2D eigenvalue weighted by Gasteiger charge is -2.35. The van der Waals surface area contributed by atoms with Crippen LogP contribution in [0.15, 0.2) is 24.3 Å². The fourth-order valence-electron chi connectivity index (χ4n) is 3.54. The molecule has 3 rings (SSSR count). The number of hydrogen-bond donors (Lipinski definition) is 1. The Morgan fingerprint density at radius 2 is 1.78 bits per heavy atom. The van der Waals surface area contributed by atoms with Gasteiger partial charge >= 0.3 is 5.97 Å². The molecule has 2 fully saturated rings. The Morgan fingerprint density at radius 3 is 2.48 bits per heavy atom. The zero-order valence-corrected chi connectivity index (χ0v) is 13.6. The van der Waals surface area contributed by atoms with E-state index in [-0.39, 0.29) is 0 Å². The third-order valence-electron chi connectivity index (χ3n) is 4.97. The number of carboxylic acids is 1. The largest absolute Gasteiger partial charge is 0.478 e. The molecule has 2 saturated heterocycles. The molecule has 0 amide bonds. The Bertz CT molecular complexity index is 512. The fraction of sp³-hybridized carbons (Fsp3) is 0.611. The number of hydrogen-bond acceptors (Lipinski definition) is 4. The molecule has 1 aromatic carbocycles. The lowest BCUT2D eigenvalue weighted by molar-refractivity contribution is 0.0319. The predicted octanol–water partition coefficient (Wildman–Crippen LogP) is 1.90. The van der Waals surface area contributed by atoms with E-state index in [4.69, 9.17) is 9.84 Å². The van der Waals surface area contributed by atoms with Gasteiger partial charge in [-0.05, 0) is 43.0 Å². The quantitative estimate of drug-likeness (QED) is 0.898. The number of likely N-dealkylation sites (tertiary alicyclic amines) is 1. The van der Waals surface area contributed by atoms with E-state index < -0.39 is 5.97 Å². The molecule has 126 valence electrons. The molecule has 0 bridgehead atoms. The van der Waals surface area contributed by atoms with Crippen LogP contribution in [0.5, 0.6) is 0 Å². The highest BCUT2D eigenvalue weighted by atomic mass is 16.5. The minimum absolute atomic E-state index is 0.369. The number of piperidine rings is 1. The van der Waals surface area contributed by atoms with E-state index in [1.54, 1.807) is 12.1 Å². The van der Waals surface area contributed by atoms with Crippen LogP contribution in [0.4, 0.5) is 0 Å². The van der Waals surface area contributed by atoms with Gasteiger partial charge in [0.15, 0.2) is 0 Å². The summed E-state index contributed by atoms with van der Waals surface area (Å²) in [7, 11) is 0. The maximum absolute atomic E-state index is 11.0. The monoisotopic (exact) mass is 318 g/mol. The highest BCUT2D eigenvalue weighted by Crippen LogP contribution is 2.27. The van der Waals surface area contributed by atoms with Crippen LogP contribution in [0.25, 0.3) is 0 Å². The van der Waals surface area contributed by atoms with E-state index in [0.29, 0.717) is 11.5 Å². The third kappa shape index (κ3) is 4.53. The molecule has 0 aromatic heterocycles. The Morgan fingerprint density at radius 1 is 1.09 bits per heavy atom. The van der Waals surface area contributed by atoms with Gasteiger partial charge in [0.2, 0.25) is 0 Å². The Balaban J connectivity index is 1.52. The average Bonchev–Trinajstić information content (AvgIpc) is 2.61. The standard InChI is InChI=1S/C18H26N2O3/c21-18(22)16-5-3-15(4-6-16)17-2-1-7-20(14-17)9-8-19-10-12-23-13-11-19/h3-6,17H,1-2,7-14H2,(H,21,22)/t17-/m0/s1. The van der Waals surface area contributed by atoms with Crippen molar-refractivity contribution in [1.29, 1.82) is 0 Å². The number of carboxylic acid groups (broad SMARTS) is 1. The highest BCUT2D eigenvalue weighted by molar-refractivity contribution is 5.87. The molecule has 2 aliphatic rings. The second-order valence-corrected chi connectivity index (χ2v) is 6.52. The fourth-order valence-corrected chi connectivity index (χ4v) is 3.54. The minimum atomic E-state index is -0.854. The molecule has 2 aliphatic heterocycles. The molecule has 1 atom stereocenters. The van der Waals surface area contributed by atoms with Crippen LogP contribution in [0.3, 0.4) is 0 Å². The van der Waals surface area contributed by atoms with E-state index in [0.717, 1.165) is 45.9 Å². The van der Waals surface area contributed by atoms with Crippen LogP contribution in [-0.4, -0.2) is 73.4 Å².